The molecule has 3 rings (SSSR count). The van der Waals surface area contributed by atoms with E-state index in [0.29, 0.717) is 11.9 Å². The van der Waals surface area contributed by atoms with E-state index in [1.807, 2.05) is 18.0 Å². The Bertz CT molecular complexity index is 694. The molecule has 0 saturated carbocycles. The van der Waals surface area contributed by atoms with Gasteiger partial charge in [0.05, 0.1) is 0 Å². The monoisotopic (exact) mass is 302 g/mol. The SMILES string of the molecule is CN(CCc1cccs1)c1nc(N)nc(-n2cncn2)n1. The molecule has 3 heterocycles. The minimum atomic E-state index is 0.161. The van der Waals surface area contributed by atoms with Gasteiger partial charge in [0, 0.05) is 18.5 Å². The zero-order valence-corrected chi connectivity index (χ0v) is 12.2. The Morgan fingerprint density at radius 3 is 2.95 bits per heavy atom. The van der Waals surface area contributed by atoms with Gasteiger partial charge in [0.25, 0.3) is 5.95 Å². The molecular formula is C12H14N8S. The van der Waals surface area contributed by atoms with Gasteiger partial charge >= 0.3 is 0 Å². The number of rotatable bonds is 5. The second kappa shape index (κ2) is 5.83. The number of nitrogens with zero attached hydrogens (tertiary/aromatic N) is 7. The summed E-state index contributed by atoms with van der Waals surface area (Å²) in [6, 6.07) is 4.16. The van der Waals surface area contributed by atoms with Gasteiger partial charge in [0.15, 0.2) is 0 Å². The van der Waals surface area contributed by atoms with Crippen LogP contribution in [0.1, 0.15) is 4.88 Å². The number of anilines is 2. The molecule has 3 aromatic rings. The summed E-state index contributed by atoms with van der Waals surface area (Å²) in [5.41, 5.74) is 5.75. The van der Waals surface area contributed by atoms with Gasteiger partial charge < -0.3 is 10.6 Å². The van der Waals surface area contributed by atoms with Crippen LogP contribution in [0.5, 0.6) is 0 Å². The van der Waals surface area contributed by atoms with Gasteiger partial charge in [-0.25, -0.2) is 4.98 Å². The predicted octanol–water partition coefficient (Wildman–Crippen LogP) is 0.775. The molecule has 8 nitrogen and oxygen atoms in total. The molecule has 0 aromatic carbocycles. The Kier molecular flexibility index (Phi) is 3.73. The van der Waals surface area contributed by atoms with E-state index >= 15 is 0 Å². The number of hydrogen-bond acceptors (Lipinski definition) is 8. The first kappa shape index (κ1) is 13.4. The smallest absolute Gasteiger partial charge is 0.258 e. The van der Waals surface area contributed by atoms with Gasteiger partial charge in [-0.1, -0.05) is 6.07 Å². The fraction of sp³-hybridized carbons (Fsp3) is 0.250. The van der Waals surface area contributed by atoms with Crippen LogP contribution >= 0.6 is 11.3 Å². The Hall–Kier alpha value is -2.55. The lowest BCUT2D eigenvalue weighted by atomic mass is 10.3. The third kappa shape index (κ3) is 3.14. The van der Waals surface area contributed by atoms with Gasteiger partial charge in [0.2, 0.25) is 11.9 Å². The van der Waals surface area contributed by atoms with E-state index in [9.17, 15) is 0 Å². The first-order chi connectivity index (χ1) is 10.2. The Morgan fingerprint density at radius 2 is 2.24 bits per heavy atom. The predicted molar refractivity (Wildman–Crippen MR) is 80.4 cm³/mol. The van der Waals surface area contributed by atoms with E-state index in [1.165, 1.54) is 22.2 Å². The molecule has 0 spiro atoms. The lowest BCUT2D eigenvalue weighted by Crippen LogP contribution is -2.24. The van der Waals surface area contributed by atoms with Crippen LogP contribution in [0, 0.1) is 0 Å². The lowest BCUT2D eigenvalue weighted by Gasteiger charge is -2.17. The third-order valence-corrected chi connectivity index (χ3v) is 3.80. The van der Waals surface area contributed by atoms with E-state index < -0.39 is 0 Å². The molecular weight excluding hydrogens is 288 g/mol. The summed E-state index contributed by atoms with van der Waals surface area (Å²) in [4.78, 5) is 19.7. The highest BCUT2D eigenvalue weighted by atomic mass is 32.1. The fourth-order valence-corrected chi connectivity index (χ4v) is 2.48. The average Bonchev–Trinajstić information content (AvgIpc) is 3.17. The highest BCUT2D eigenvalue weighted by molar-refractivity contribution is 7.09. The first-order valence-electron chi connectivity index (χ1n) is 6.32. The summed E-state index contributed by atoms with van der Waals surface area (Å²) in [7, 11) is 1.92. The molecule has 0 saturated heterocycles. The fourth-order valence-electron chi connectivity index (χ4n) is 1.79. The summed E-state index contributed by atoms with van der Waals surface area (Å²) < 4.78 is 1.45. The molecule has 0 unspecified atom stereocenters. The highest BCUT2D eigenvalue weighted by Crippen LogP contribution is 2.13. The van der Waals surface area contributed by atoms with Gasteiger partial charge in [-0.3, -0.25) is 0 Å². The zero-order chi connectivity index (χ0) is 14.7. The molecule has 21 heavy (non-hydrogen) atoms. The number of hydrogen-bond donors (Lipinski definition) is 1. The molecule has 0 bridgehead atoms. The first-order valence-corrected chi connectivity index (χ1v) is 7.20. The van der Waals surface area contributed by atoms with Crippen molar-refractivity contribution in [2.45, 2.75) is 6.42 Å². The maximum Gasteiger partial charge on any atom is 0.258 e. The number of aromatic nitrogens is 6. The van der Waals surface area contributed by atoms with Crippen LogP contribution < -0.4 is 10.6 Å². The molecule has 9 heteroatoms. The molecule has 0 aliphatic rings. The van der Waals surface area contributed by atoms with Gasteiger partial charge in [0.1, 0.15) is 12.7 Å². The molecule has 3 aromatic heterocycles. The van der Waals surface area contributed by atoms with Crippen LogP contribution in [0.15, 0.2) is 30.2 Å². The van der Waals surface area contributed by atoms with Crippen molar-refractivity contribution in [3.05, 3.63) is 35.0 Å². The minimum absolute atomic E-state index is 0.161. The molecule has 0 radical (unpaired) electrons. The molecule has 2 N–H and O–H groups in total. The Labute approximate surface area is 125 Å². The van der Waals surface area contributed by atoms with E-state index in [1.54, 1.807) is 11.3 Å². The summed E-state index contributed by atoms with van der Waals surface area (Å²) >= 11 is 1.74. The van der Waals surface area contributed by atoms with E-state index in [2.05, 4.69) is 36.5 Å². The second-order valence-corrected chi connectivity index (χ2v) is 5.42. The number of nitrogens with two attached hydrogens (primary N) is 1. The van der Waals surface area contributed by atoms with Crippen molar-refractivity contribution in [2.75, 3.05) is 24.2 Å². The normalized spacial score (nSPS) is 10.7. The summed E-state index contributed by atoms with van der Waals surface area (Å²) in [6.07, 6.45) is 3.86. The number of nitrogen functional groups attached to an aromatic ring is 1. The van der Waals surface area contributed by atoms with Crippen molar-refractivity contribution >= 4 is 23.2 Å². The van der Waals surface area contributed by atoms with Crippen LogP contribution in [-0.2, 0) is 6.42 Å². The maximum atomic E-state index is 5.75. The number of thiophene rings is 1. The van der Waals surface area contributed by atoms with Crippen molar-refractivity contribution in [1.29, 1.82) is 0 Å². The van der Waals surface area contributed by atoms with Crippen LogP contribution in [0.2, 0.25) is 0 Å². The van der Waals surface area contributed by atoms with Crippen molar-refractivity contribution in [1.82, 2.24) is 29.7 Å². The molecule has 108 valence electrons. The summed E-state index contributed by atoms with van der Waals surface area (Å²) in [6.45, 7) is 0.792. The van der Waals surface area contributed by atoms with E-state index in [0.717, 1.165) is 13.0 Å². The van der Waals surface area contributed by atoms with Crippen LogP contribution in [0.25, 0.3) is 5.95 Å². The zero-order valence-electron chi connectivity index (χ0n) is 11.4. The summed E-state index contributed by atoms with van der Waals surface area (Å²) in [5.74, 6) is 1.04. The quantitative estimate of drug-likeness (QED) is 0.743. The standard InChI is InChI=1S/C12H14N8S/c1-19(5-4-9-3-2-6-21-9)11-16-10(13)17-12(18-11)20-8-14-7-15-20/h2-3,6-8H,4-5H2,1H3,(H2,13,16,17,18). The molecule has 0 amide bonds. The topological polar surface area (TPSA) is 98.6 Å². The lowest BCUT2D eigenvalue weighted by molar-refractivity contribution is 0.773. The van der Waals surface area contributed by atoms with Crippen LogP contribution in [-0.4, -0.2) is 43.3 Å². The Balaban J connectivity index is 1.78. The van der Waals surface area contributed by atoms with Crippen molar-refractivity contribution in [3.63, 3.8) is 0 Å². The Morgan fingerprint density at radius 1 is 1.33 bits per heavy atom. The van der Waals surface area contributed by atoms with Gasteiger partial charge in [-0.15, -0.1) is 11.3 Å². The number of likely N-dealkylation sites (N-methyl/N-ethyl adjacent to an activating group) is 1. The van der Waals surface area contributed by atoms with Gasteiger partial charge in [-0.2, -0.15) is 24.7 Å². The van der Waals surface area contributed by atoms with Crippen molar-refractivity contribution in [2.24, 2.45) is 0 Å². The minimum Gasteiger partial charge on any atom is -0.368 e. The van der Waals surface area contributed by atoms with Crippen LogP contribution in [0.3, 0.4) is 0 Å². The third-order valence-electron chi connectivity index (χ3n) is 2.87. The molecule has 0 atom stereocenters. The maximum absolute atomic E-state index is 5.75. The largest absolute Gasteiger partial charge is 0.368 e. The van der Waals surface area contributed by atoms with E-state index in [4.69, 9.17) is 5.73 Å². The van der Waals surface area contributed by atoms with Crippen molar-refractivity contribution in [3.8, 4) is 5.95 Å². The summed E-state index contributed by atoms with van der Waals surface area (Å²) in [5, 5.41) is 6.06. The van der Waals surface area contributed by atoms with Gasteiger partial charge in [-0.05, 0) is 17.9 Å². The molecule has 0 aliphatic heterocycles. The highest BCUT2D eigenvalue weighted by Gasteiger charge is 2.11. The molecule has 0 fully saturated rings. The van der Waals surface area contributed by atoms with Crippen molar-refractivity contribution < 1.29 is 0 Å². The average molecular weight is 302 g/mol. The van der Waals surface area contributed by atoms with Crippen LogP contribution in [0.4, 0.5) is 11.9 Å². The molecule has 0 aliphatic carbocycles. The second-order valence-electron chi connectivity index (χ2n) is 4.38. The van der Waals surface area contributed by atoms with E-state index in [-0.39, 0.29) is 5.95 Å².